The highest BCUT2D eigenvalue weighted by Crippen LogP contribution is 2.22. The van der Waals surface area contributed by atoms with Crippen molar-refractivity contribution in [2.45, 2.75) is 13.5 Å². The smallest absolute Gasteiger partial charge is 0.187 e. The lowest BCUT2D eigenvalue weighted by Crippen LogP contribution is -2.01. The maximum Gasteiger partial charge on any atom is 0.187 e. The molecule has 2 nitrogen and oxygen atoms in total. The fourth-order valence-electron chi connectivity index (χ4n) is 1.76. The van der Waals surface area contributed by atoms with Crippen LogP contribution in [0, 0.1) is 24.4 Å². The first-order chi connectivity index (χ1) is 8.95. The van der Waals surface area contributed by atoms with Gasteiger partial charge in [-0.25, -0.2) is 13.2 Å². The molecule has 0 spiro atoms. The fraction of sp³-hybridized carbons (Fsp3) is 0.143. The molecule has 0 heterocycles. The SMILES string of the molecule is Cc1cc(F)cc(NCc2cc(F)c(O)c(F)c2)c1. The van der Waals surface area contributed by atoms with E-state index in [0.717, 1.165) is 17.7 Å². The third kappa shape index (κ3) is 3.19. The lowest BCUT2D eigenvalue weighted by atomic mass is 10.1. The molecule has 100 valence electrons. The molecule has 0 fully saturated rings. The summed E-state index contributed by atoms with van der Waals surface area (Å²) in [5.74, 6) is -3.42. The zero-order valence-electron chi connectivity index (χ0n) is 10.2. The Hall–Kier alpha value is -2.17. The van der Waals surface area contributed by atoms with E-state index >= 15 is 0 Å². The molecule has 2 aromatic carbocycles. The Labute approximate surface area is 108 Å². The Balaban J connectivity index is 2.14. The molecule has 0 saturated carbocycles. The van der Waals surface area contributed by atoms with Crippen molar-refractivity contribution in [1.29, 1.82) is 0 Å². The average molecular weight is 267 g/mol. The summed E-state index contributed by atoms with van der Waals surface area (Å²) in [5.41, 5.74) is 1.58. The van der Waals surface area contributed by atoms with Crippen LogP contribution in [0.4, 0.5) is 18.9 Å². The molecule has 0 aliphatic carbocycles. The maximum absolute atomic E-state index is 13.1. The van der Waals surface area contributed by atoms with E-state index in [-0.39, 0.29) is 12.4 Å². The van der Waals surface area contributed by atoms with E-state index in [4.69, 9.17) is 5.11 Å². The number of anilines is 1. The van der Waals surface area contributed by atoms with E-state index in [2.05, 4.69) is 5.32 Å². The molecular weight excluding hydrogens is 255 g/mol. The van der Waals surface area contributed by atoms with Gasteiger partial charge in [-0.3, -0.25) is 0 Å². The zero-order chi connectivity index (χ0) is 14.0. The summed E-state index contributed by atoms with van der Waals surface area (Å²) in [6.07, 6.45) is 0. The molecule has 0 bridgehead atoms. The van der Waals surface area contributed by atoms with Crippen molar-refractivity contribution in [3.63, 3.8) is 0 Å². The summed E-state index contributed by atoms with van der Waals surface area (Å²) < 4.78 is 39.4. The Morgan fingerprint density at radius 1 is 1.00 bits per heavy atom. The third-order valence-electron chi connectivity index (χ3n) is 2.62. The molecule has 0 aromatic heterocycles. The predicted molar refractivity (Wildman–Crippen MR) is 66.5 cm³/mol. The summed E-state index contributed by atoms with van der Waals surface area (Å²) in [5, 5.41) is 11.8. The highest BCUT2D eigenvalue weighted by Gasteiger charge is 2.09. The van der Waals surface area contributed by atoms with Crippen molar-refractivity contribution in [2.24, 2.45) is 0 Å². The summed E-state index contributed by atoms with van der Waals surface area (Å²) >= 11 is 0. The van der Waals surface area contributed by atoms with E-state index in [1.54, 1.807) is 13.0 Å². The first kappa shape index (κ1) is 13.3. The van der Waals surface area contributed by atoms with Crippen LogP contribution in [0.25, 0.3) is 0 Å². The van der Waals surface area contributed by atoms with Crippen LogP contribution in [0.1, 0.15) is 11.1 Å². The monoisotopic (exact) mass is 267 g/mol. The molecule has 2 N–H and O–H groups in total. The second kappa shape index (κ2) is 5.22. The number of phenols is 1. The normalized spacial score (nSPS) is 10.5. The third-order valence-corrected chi connectivity index (χ3v) is 2.62. The van der Waals surface area contributed by atoms with Gasteiger partial charge in [0.2, 0.25) is 0 Å². The van der Waals surface area contributed by atoms with Gasteiger partial charge in [0.25, 0.3) is 0 Å². The minimum Gasteiger partial charge on any atom is -0.503 e. The number of rotatable bonds is 3. The summed E-state index contributed by atoms with van der Waals surface area (Å²) in [7, 11) is 0. The lowest BCUT2D eigenvalue weighted by molar-refractivity contribution is 0.395. The van der Waals surface area contributed by atoms with Gasteiger partial charge in [0.05, 0.1) is 0 Å². The molecule has 2 aromatic rings. The van der Waals surface area contributed by atoms with Crippen LogP contribution in [0.3, 0.4) is 0 Å². The molecule has 0 saturated heterocycles. The summed E-state index contributed by atoms with van der Waals surface area (Å²) in [4.78, 5) is 0. The van der Waals surface area contributed by atoms with Crippen LogP contribution in [0.15, 0.2) is 30.3 Å². The Morgan fingerprint density at radius 2 is 1.63 bits per heavy atom. The number of aromatic hydroxyl groups is 1. The zero-order valence-corrected chi connectivity index (χ0v) is 10.2. The van der Waals surface area contributed by atoms with Crippen LogP contribution in [0.5, 0.6) is 5.75 Å². The van der Waals surface area contributed by atoms with Gasteiger partial charge in [0, 0.05) is 12.2 Å². The minimum atomic E-state index is -1.02. The van der Waals surface area contributed by atoms with Crippen LogP contribution < -0.4 is 5.32 Å². The first-order valence-corrected chi connectivity index (χ1v) is 5.63. The van der Waals surface area contributed by atoms with Crippen LogP contribution >= 0.6 is 0 Å². The highest BCUT2D eigenvalue weighted by molar-refractivity contribution is 5.46. The van der Waals surface area contributed by atoms with Crippen LogP contribution in [-0.2, 0) is 6.54 Å². The molecular formula is C14H12F3NO. The molecule has 0 aliphatic rings. The van der Waals surface area contributed by atoms with Gasteiger partial charge in [0.1, 0.15) is 5.82 Å². The highest BCUT2D eigenvalue weighted by atomic mass is 19.1. The Morgan fingerprint density at radius 3 is 2.21 bits per heavy atom. The molecule has 0 amide bonds. The molecule has 0 unspecified atom stereocenters. The second-order valence-corrected chi connectivity index (χ2v) is 4.28. The number of halogens is 3. The van der Waals surface area contributed by atoms with Gasteiger partial charge in [-0.15, -0.1) is 0 Å². The van der Waals surface area contributed by atoms with E-state index in [1.165, 1.54) is 12.1 Å². The first-order valence-electron chi connectivity index (χ1n) is 5.63. The molecule has 0 atom stereocenters. The molecule has 0 radical (unpaired) electrons. The van der Waals surface area contributed by atoms with Crippen molar-refractivity contribution < 1.29 is 18.3 Å². The van der Waals surface area contributed by atoms with Crippen LogP contribution in [-0.4, -0.2) is 5.11 Å². The maximum atomic E-state index is 13.1. The molecule has 0 aliphatic heterocycles. The van der Waals surface area contributed by atoms with E-state index < -0.39 is 17.4 Å². The van der Waals surface area contributed by atoms with Crippen molar-refractivity contribution >= 4 is 5.69 Å². The molecule has 5 heteroatoms. The van der Waals surface area contributed by atoms with Gasteiger partial charge in [-0.2, -0.15) is 0 Å². The van der Waals surface area contributed by atoms with E-state index in [9.17, 15) is 13.2 Å². The van der Waals surface area contributed by atoms with Crippen molar-refractivity contribution in [3.05, 3.63) is 58.9 Å². The number of hydrogen-bond donors (Lipinski definition) is 2. The second-order valence-electron chi connectivity index (χ2n) is 4.28. The number of hydrogen-bond acceptors (Lipinski definition) is 2. The van der Waals surface area contributed by atoms with Crippen molar-refractivity contribution in [2.75, 3.05) is 5.32 Å². The van der Waals surface area contributed by atoms with Gasteiger partial charge in [-0.1, -0.05) is 0 Å². The van der Waals surface area contributed by atoms with Gasteiger partial charge in [0.15, 0.2) is 17.4 Å². The lowest BCUT2D eigenvalue weighted by Gasteiger charge is -2.09. The van der Waals surface area contributed by atoms with Gasteiger partial charge < -0.3 is 10.4 Å². The topological polar surface area (TPSA) is 32.3 Å². The number of benzene rings is 2. The number of nitrogens with one attached hydrogen (secondary N) is 1. The van der Waals surface area contributed by atoms with E-state index in [0.29, 0.717) is 11.3 Å². The van der Waals surface area contributed by atoms with E-state index in [1.807, 2.05) is 0 Å². The largest absolute Gasteiger partial charge is 0.503 e. The summed E-state index contributed by atoms with van der Waals surface area (Å²) in [6, 6.07) is 6.44. The average Bonchev–Trinajstić information content (AvgIpc) is 2.32. The van der Waals surface area contributed by atoms with Crippen molar-refractivity contribution in [3.8, 4) is 5.75 Å². The summed E-state index contributed by atoms with van der Waals surface area (Å²) in [6.45, 7) is 1.87. The Kier molecular flexibility index (Phi) is 3.64. The predicted octanol–water partition coefficient (Wildman–Crippen LogP) is 3.73. The van der Waals surface area contributed by atoms with Crippen molar-refractivity contribution in [1.82, 2.24) is 0 Å². The molecule has 19 heavy (non-hydrogen) atoms. The van der Waals surface area contributed by atoms with Gasteiger partial charge in [-0.05, 0) is 48.4 Å². The molecule has 2 rings (SSSR count). The quantitative estimate of drug-likeness (QED) is 0.888. The number of aryl methyl sites for hydroxylation is 1. The van der Waals surface area contributed by atoms with Gasteiger partial charge >= 0.3 is 0 Å². The standard InChI is InChI=1S/C14H12F3NO/c1-8-2-10(15)6-11(3-8)18-7-9-4-12(16)14(19)13(17)5-9/h2-6,18-19H,7H2,1H3. The fourth-order valence-corrected chi connectivity index (χ4v) is 1.76. The van der Waals surface area contributed by atoms with Crippen LogP contribution in [0.2, 0.25) is 0 Å². The Bertz CT molecular complexity index is 570. The number of phenolic OH excluding ortho intramolecular Hbond substituents is 1. The minimum absolute atomic E-state index is 0.122.